The summed E-state index contributed by atoms with van der Waals surface area (Å²) >= 11 is 0. The summed E-state index contributed by atoms with van der Waals surface area (Å²) in [6.07, 6.45) is -3.07. The lowest BCUT2D eigenvalue weighted by molar-refractivity contribution is -0.136. The van der Waals surface area contributed by atoms with Crippen molar-refractivity contribution < 1.29 is 18.3 Å². The Morgan fingerprint density at radius 2 is 1.65 bits per heavy atom. The first-order valence-electron chi connectivity index (χ1n) is 5.71. The fourth-order valence-electron chi connectivity index (χ4n) is 1.56. The van der Waals surface area contributed by atoms with Crippen molar-refractivity contribution in [1.29, 1.82) is 0 Å². The van der Waals surface area contributed by atoms with Gasteiger partial charge in [0.2, 0.25) is 0 Å². The van der Waals surface area contributed by atoms with Crippen LogP contribution in [0.1, 0.15) is 11.1 Å². The molecular weight excluding hydrogens is 269 g/mol. The van der Waals surface area contributed by atoms with E-state index < -0.39 is 11.7 Å². The van der Waals surface area contributed by atoms with Crippen LogP contribution >= 0.6 is 0 Å². The van der Waals surface area contributed by atoms with Gasteiger partial charge in [0.25, 0.3) is 0 Å². The second-order valence-corrected chi connectivity index (χ2v) is 4.00. The fourth-order valence-corrected chi connectivity index (χ4v) is 1.56. The van der Waals surface area contributed by atoms with Crippen LogP contribution in [0.25, 0.3) is 0 Å². The molecule has 0 amide bonds. The van der Waals surface area contributed by atoms with Crippen LogP contribution in [0.4, 0.5) is 18.9 Å². The molecule has 0 fully saturated rings. The number of aromatic hydroxyl groups is 1. The largest absolute Gasteiger partial charge is 0.508 e. The zero-order valence-electron chi connectivity index (χ0n) is 10.2. The molecule has 0 atom stereocenters. The monoisotopic (exact) mass is 280 g/mol. The number of alkyl halides is 3. The maximum atomic E-state index is 12.7. The van der Waals surface area contributed by atoms with E-state index in [-0.39, 0.29) is 11.4 Å². The number of phenols is 1. The summed E-state index contributed by atoms with van der Waals surface area (Å²) in [4.78, 5) is 0. The summed E-state index contributed by atoms with van der Waals surface area (Å²) in [6.45, 7) is 0. The normalized spacial score (nSPS) is 11.8. The van der Waals surface area contributed by atoms with E-state index >= 15 is 0 Å². The number of benzene rings is 2. The zero-order chi connectivity index (χ0) is 14.6. The van der Waals surface area contributed by atoms with E-state index in [1.807, 2.05) is 0 Å². The van der Waals surface area contributed by atoms with Crippen molar-refractivity contribution in [3.8, 4) is 5.75 Å². The maximum absolute atomic E-state index is 12.7. The number of nitrogens with zero attached hydrogens (tertiary/aromatic N) is 1. The first-order valence-corrected chi connectivity index (χ1v) is 5.71. The predicted molar refractivity (Wildman–Crippen MR) is 70.8 cm³/mol. The van der Waals surface area contributed by atoms with Gasteiger partial charge in [0.15, 0.2) is 0 Å². The van der Waals surface area contributed by atoms with Crippen LogP contribution in [-0.4, -0.2) is 11.3 Å². The first-order chi connectivity index (χ1) is 9.47. The van der Waals surface area contributed by atoms with Gasteiger partial charge in [-0.25, -0.2) is 0 Å². The number of hydrazone groups is 1. The Labute approximate surface area is 113 Å². The first kappa shape index (κ1) is 13.9. The van der Waals surface area contributed by atoms with E-state index in [0.29, 0.717) is 5.56 Å². The maximum Gasteiger partial charge on any atom is 0.418 e. The van der Waals surface area contributed by atoms with Crippen molar-refractivity contribution >= 4 is 11.9 Å². The number of hydrogen-bond donors (Lipinski definition) is 2. The molecule has 2 rings (SSSR count). The van der Waals surface area contributed by atoms with Gasteiger partial charge in [-0.15, -0.1) is 0 Å². The van der Waals surface area contributed by atoms with Gasteiger partial charge < -0.3 is 5.11 Å². The highest BCUT2D eigenvalue weighted by Crippen LogP contribution is 2.34. The Bertz CT molecular complexity index is 607. The Kier molecular flexibility index (Phi) is 3.93. The Morgan fingerprint density at radius 3 is 2.30 bits per heavy atom. The molecule has 3 nitrogen and oxygen atoms in total. The summed E-state index contributed by atoms with van der Waals surface area (Å²) in [5.41, 5.74) is 2.13. The third-order valence-corrected chi connectivity index (χ3v) is 2.52. The molecule has 6 heteroatoms. The van der Waals surface area contributed by atoms with Crippen LogP contribution in [0, 0.1) is 0 Å². The summed E-state index contributed by atoms with van der Waals surface area (Å²) < 4.78 is 38.2. The summed E-state index contributed by atoms with van der Waals surface area (Å²) in [7, 11) is 0. The van der Waals surface area contributed by atoms with Crippen molar-refractivity contribution in [2.45, 2.75) is 6.18 Å². The third-order valence-electron chi connectivity index (χ3n) is 2.52. The van der Waals surface area contributed by atoms with Gasteiger partial charge in [-0.1, -0.05) is 12.1 Å². The van der Waals surface area contributed by atoms with Crippen molar-refractivity contribution in [2.75, 3.05) is 5.43 Å². The molecule has 0 spiro atoms. The molecule has 0 saturated heterocycles. The van der Waals surface area contributed by atoms with Gasteiger partial charge in [0.1, 0.15) is 5.75 Å². The molecule has 2 aromatic carbocycles. The fraction of sp³-hybridized carbons (Fsp3) is 0.0714. The molecule has 0 aliphatic carbocycles. The second-order valence-electron chi connectivity index (χ2n) is 4.00. The standard InChI is InChI=1S/C14H11F3N2O/c15-14(16,17)12-3-1-2-4-13(12)19-18-9-10-5-7-11(20)8-6-10/h1-9,19-20H. The summed E-state index contributed by atoms with van der Waals surface area (Å²) in [6, 6.07) is 11.2. The summed E-state index contributed by atoms with van der Waals surface area (Å²) in [5, 5.41) is 12.9. The Balaban J connectivity index is 2.13. The summed E-state index contributed by atoms with van der Waals surface area (Å²) in [5.74, 6) is 0.109. The van der Waals surface area contributed by atoms with Crippen LogP contribution in [-0.2, 0) is 6.18 Å². The van der Waals surface area contributed by atoms with Crippen molar-refractivity contribution in [3.63, 3.8) is 0 Å². The minimum absolute atomic E-state index is 0.109. The number of para-hydroxylation sites is 1. The minimum Gasteiger partial charge on any atom is -0.508 e. The topological polar surface area (TPSA) is 44.6 Å². The molecule has 104 valence electrons. The molecule has 0 heterocycles. The highest BCUT2D eigenvalue weighted by atomic mass is 19.4. The lowest BCUT2D eigenvalue weighted by Crippen LogP contribution is -2.08. The third kappa shape index (κ3) is 3.50. The van der Waals surface area contributed by atoms with E-state index in [1.165, 1.54) is 36.5 Å². The van der Waals surface area contributed by atoms with Crippen LogP contribution in [0.5, 0.6) is 5.75 Å². The molecule has 0 bridgehead atoms. The number of halogens is 3. The van der Waals surface area contributed by atoms with E-state index in [0.717, 1.165) is 6.07 Å². The van der Waals surface area contributed by atoms with E-state index in [9.17, 15) is 13.2 Å². The lowest BCUT2D eigenvalue weighted by Gasteiger charge is -2.11. The van der Waals surface area contributed by atoms with Crippen molar-refractivity contribution in [1.82, 2.24) is 0 Å². The number of anilines is 1. The molecule has 0 aromatic heterocycles. The molecule has 0 unspecified atom stereocenters. The Morgan fingerprint density at radius 1 is 1.00 bits per heavy atom. The average molecular weight is 280 g/mol. The van der Waals surface area contributed by atoms with Gasteiger partial charge in [-0.2, -0.15) is 18.3 Å². The highest BCUT2D eigenvalue weighted by molar-refractivity contribution is 5.80. The van der Waals surface area contributed by atoms with E-state index in [2.05, 4.69) is 10.5 Å². The van der Waals surface area contributed by atoms with Gasteiger partial charge in [-0.3, -0.25) is 5.43 Å². The SMILES string of the molecule is Oc1ccc(C=NNc2ccccc2C(F)(F)F)cc1. The van der Waals surface area contributed by atoms with Gasteiger partial charge in [0, 0.05) is 0 Å². The van der Waals surface area contributed by atoms with Crippen LogP contribution in [0.15, 0.2) is 53.6 Å². The zero-order valence-corrected chi connectivity index (χ0v) is 10.2. The predicted octanol–water partition coefficient (Wildman–Crippen LogP) is 3.86. The minimum atomic E-state index is -4.43. The van der Waals surface area contributed by atoms with Gasteiger partial charge >= 0.3 is 6.18 Å². The molecule has 2 N–H and O–H groups in total. The second kappa shape index (κ2) is 5.64. The highest BCUT2D eigenvalue weighted by Gasteiger charge is 2.33. The molecule has 0 radical (unpaired) electrons. The van der Waals surface area contributed by atoms with Gasteiger partial charge in [-0.05, 0) is 42.0 Å². The molecule has 2 aromatic rings. The van der Waals surface area contributed by atoms with Gasteiger partial charge in [0.05, 0.1) is 17.5 Å². The van der Waals surface area contributed by atoms with Crippen LogP contribution in [0.2, 0.25) is 0 Å². The van der Waals surface area contributed by atoms with Crippen molar-refractivity contribution in [3.05, 3.63) is 59.7 Å². The molecule has 0 aliphatic heterocycles. The Hall–Kier alpha value is -2.50. The van der Waals surface area contributed by atoms with E-state index in [4.69, 9.17) is 5.11 Å². The lowest BCUT2D eigenvalue weighted by atomic mass is 10.2. The number of hydrogen-bond acceptors (Lipinski definition) is 3. The molecule has 0 aliphatic rings. The molecule has 0 saturated carbocycles. The van der Waals surface area contributed by atoms with Crippen molar-refractivity contribution in [2.24, 2.45) is 5.10 Å². The number of rotatable bonds is 3. The molecular formula is C14H11F3N2O. The smallest absolute Gasteiger partial charge is 0.418 e. The van der Waals surface area contributed by atoms with Crippen LogP contribution in [0.3, 0.4) is 0 Å². The number of nitrogens with one attached hydrogen (secondary N) is 1. The van der Waals surface area contributed by atoms with E-state index in [1.54, 1.807) is 12.1 Å². The number of phenolic OH excluding ortho intramolecular Hbond substituents is 1. The molecule has 20 heavy (non-hydrogen) atoms. The van der Waals surface area contributed by atoms with Crippen LogP contribution < -0.4 is 5.43 Å². The quantitative estimate of drug-likeness (QED) is 0.662. The average Bonchev–Trinajstić information content (AvgIpc) is 2.40.